The lowest BCUT2D eigenvalue weighted by Gasteiger charge is -2.25. The monoisotopic (exact) mass is 255 g/mol. The minimum Gasteiger partial charge on any atom is -0.398 e. The van der Waals surface area contributed by atoms with Crippen molar-refractivity contribution in [3.8, 4) is 0 Å². The van der Waals surface area contributed by atoms with Crippen LogP contribution in [0.2, 0.25) is 13.1 Å². The number of benzene rings is 1. The van der Waals surface area contributed by atoms with Crippen molar-refractivity contribution in [2.45, 2.75) is 44.8 Å². The highest BCUT2D eigenvalue weighted by Gasteiger charge is 2.22. The summed E-state index contributed by atoms with van der Waals surface area (Å²) in [5, 5.41) is 0. The van der Waals surface area contributed by atoms with Gasteiger partial charge in [0.25, 0.3) is 0 Å². The predicted molar refractivity (Wildman–Crippen MR) is 72.3 cm³/mol. The number of alkyl halides is 1. The molecule has 1 radical (unpaired) electrons. The molecule has 16 heavy (non-hydrogen) atoms. The molecule has 0 saturated heterocycles. The molecule has 89 valence electrons. The van der Waals surface area contributed by atoms with Crippen LogP contribution in [-0.2, 0) is 9.84 Å². The van der Waals surface area contributed by atoms with Crippen LogP contribution in [0.15, 0.2) is 24.3 Å². The average molecular weight is 256 g/mol. The Balaban J connectivity index is 3.04. The summed E-state index contributed by atoms with van der Waals surface area (Å²) in [5.74, 6) is 0. The van der Waals surface area contributed by atoms with Crippen LogP contribution in [0.25, 0.3) is 0 Å². The van der Waals surface area contributed by atoms with Gasteiger partial charge in [-0.1, -0.05) is 56.6 Å². The summed E-state index contributed by atoms with van der Waals surface area (Å²) in [6.45, 7) is 10.8. The third-order valence-electron chi connectivity index (χ3n) is 2.35. The fourth-order valence-electron chi connectivity index (χ4n) is 1.65. The minimum atomic E-state index is -0.774. The Kier molecular flexibility index (Phi) is 4.59. The van der Waals surface area contributed by atoms with Gasteiger partial charge in [-0.05, 0) is 29.6 Å². The third-order valence-corrected chi connectivity index (χ3v) is 3.53. The van der Waals surface area contributed by atoms with E-state index >= 15 is 0 Å². The molecular weight excluding hydrogens is 236 g/mol. The fraction of sp³-hybridized carbons (Fsp3) is 0.538. The molecule has 0 aliphatic heterocycles. The second-order valence-electron chi connectivity index (χ2n) is 5.18. The standard InChI is InChI=1S/C13H20ClOSi/c1-13(2,3)11-9-7-6-8-10(11)12(14)15-16(4)5/h6-9,12H,1-5H3. The second-order valence-corrected chi connectivity index (χ2v) is 7.63. The first-order chi connectivity index (χ1) is 7.32. The molecule has 1 atom stereocenters. The molecule has 0 amide bonds. The first-order valence-corrected chi connectivity index (χ1v) is 8.37. The van der Waals surface area contributed by atoms with Crippen LogP contribution in [-0.4, -0.2) is 9.04 Å². The zero-order chi connectivity index (χ0) is 12.3. The summed E-state index contributed by atoms with van der Waals surface area (Å²) >= 11 is 6.32. The summed E-state index contributed by atoms with van der Waals surface area (Å²) in [4.78, 5) is 0. The molecule has 3 heteroatoms. The van der Waals surface area contributed by atoms with Crippen LogP contribution < -0.4 is 0 Å². The largest absolute Gasteiger partial charge is 0.398 e. The van der Waals surface area contributed by atoms with Gasteiger partial charge in [-0.2, -0.15) is 0 Å². The SMILES string of the molecule is C[Si](C)OC(Cl)c1ccccc1C(C)(C)C. The van der Waals surface area contributed by atoms with E-state index in [1.807, 2.05) is 6.07 Å². The molecule has 1 aromatic carbocycles. The normalized spacial score (nSPS) is 14.2. The fourth-order valence-corrected chi connectivity index (χ4v) is 2.91. The average Bonchev–Trinajstić information content (AvgIpc) is 2.15. The topological polar surface area (TPSA) is 9.23 Å². The van der Waals surface area contributed by atoms with Crippen LogP contribution in [0.3, 0.4) is 0 Å². The van der Waals surface area contributed by atoms with E-state index in [9.17, 15) is 0 Å². The van der Waals surface area contributed by atoms with E-state index in [-0.39, 0.29) is 11.0 Å². The summed E-state index contributed by atoms with van der Waals surface area (Å²) < 4.78 is 5.74. The van der Waals surface area contributed by atoms with Crippen LogP contribution in [0, 0.1) is 0 Å². The maximum Gasteiger partial charge on any atom is 0.207 e. The van der Waals surface area contributed by atoms with Gasteiger partial charge in [0.15, 0.2) is 0 Å². The van der Waals surface area contributed by atoms with Gasteiger partial charge in [0.2, 0.25) is 9.04 Å². The van der Waals surface area contributed by atoms with Crippen molar-refractivity contribution < 1.29 is 4.43 Å². The van der Waals surface area contributed by atoms with Crippen molar-refractivity contribution in [2.24, 2.45) is 0 Å². The number of hydrogen-bond acceptors (Lipinski definition) is 1. The van der Waals surface area contributed by atoms with Gasteiger partial charge in [0.05, 0.1) is 0 Å². The van der Waals surface area contributed by atoms with Crippen LogP contribution in [0.1, 0.15) is 37.5 Å². The lowest BCUT2D eigenvalue weighted by molar-refractivity contribution is 0.292. The molecule has 0 spiro atoms. The molecule has 0 heterocycles. The smallest absolute Gasteiger partial charge is 0.207 e. The highest BCUT2D eigenvalue weighted by atomic mass is 35.5. The van der Waals surface area contributed by atoms with Crippen molar-refractivity contribution in [3.63, 3.8) is 0 Å². The second kappa shape index (κ2) is 5.35. The molecule has 1 aromatic rings. The molecule has 0 aromatic heterocycles. The molecule has 0 aliphatic rings. The first kappa shape index (κ1) is 13.8. The lowest BCUT2D eigenvalue weighted by atomic mass is 9.84. The molecular formula is C13H20ClOSi. The molecule has 0 saturated carbocycles. The highest BCUT2D eigenvalue weighted by Crippen LogP contribution is 2.33. The molecule has 0 fully saturated rings. The van der Waals surface area contributed by atoms with E-state index in [4.69, 9.17) is 16.0 Å². The minimum absolute atomic E-state index is 0.0987. The summed E-state index contributed by atoms with van der Waals surface area (Å²) in [6, 6.07) is 8.26. The van der Waals surface area contributed by atoms with Gasteiger partial charge >= 0.3 is 0 Å². The van der Waals surface area contributed by atoms with E-state index in [1.165, 1.54) is 5.56 Å². The van der Waals surface area contributed by atoms with Gasteiger partial charge < -0.3 is 4.43 Å². The number of rotatable bonds is 3. The van der Waals surface area contributed by atoms with Crippen molar-refractivity contribution >= 4 is 20.6 Å². The summed E-state index contributed by atoms with van der Waals surface area (Å²) in [7, 11) is -0.774. The highest BCUT2D eigenvalue weighted by molar-refractivity contribution is 6.49. The van der Waals surface area contributed by atoms with E-state index < -0.39 is 9.04 Å². The summed E-state index contributed by atoms with van der Waals surface area (Å²) in [6.07, 6.45) is 0. The lowest BCUT2D eigenvalue weighted by Crippen LogP contribution is -2.17. The maximum atomic E-state index is 6.32. The Morgan fingerprint density at radius 3 is 2.25 bits per heavy atom. The molecule has 0 aliphatic carbocycles. The Morgan fingerprint density at radius 1 is 1.19 bits per heavy atom. The Bertz CT molecular complexity index is 344. The van der Waals surface area contributed by atoms with Crippen molar-refractivity contribution in [2.75, 3.05) is 0 Å². The van der Waals surface area contributed by atoms with Crippen molar-refractivity contribution in [3.05, 3.63) is 35.4 Å². The zero-order valence-corrected chi connectivity index (χ0v) is 12.4. The predicted octanol–water partition coefficient (Wildman–Crippen LogP) is 4.49. The summed E-state index contributed by atoms with van der Waals surface area (Å²) in [5.41, 5.74) is 2.14. The van der Waals surface area contributed by atoms with Gasteiger partial charge in [0, 0.05) is 0 Å². The van der Waals surface area contributed by atoms with Gasteiger partial charge in [-0.3, -0.25) is 0 Å². The van der Waals surface area contributed by atoms with E-state index in [1.54, 1.807) is 0 Å². The molecule has 0 N–H and O–H groups in total. The molecule has 1 unspecified atom stereocenters. The van der Waals surface area contributed by atoms with Crippen LogP contribution >= 0.6 is 11.6 Å². The van der Waals surface area contributed by atoms with Gasteiger partial charge in [0.1, 0.15) is 5.56 Å². The molecule has 0 bridgehead atoms. The van der Waals surface area contributed by atoms with Crippen LogP contribution in [0.5, 0.6) is 0 Å². The van der Waals surface area contributed by atoms with E-state index in [0.717, 1.165) is 5.56 Å². The maximum absolute atomic E-state index is 6.32. The van der Waals surface area contributed by atoms with E-state index in [2.05, 4.69) is 52.1 Å². The first-order valence-electron chi connectivity index (χ1n) is 5.52. The van der Waals surface area contributed by atoms with Crippen molar-refractivity contribution in [1.82, 2.24) is 0 Å². The number of hydrogen-bond donors (Lipinski definition) is 0. The Morgan fingerprint density at radius 2 is 1.75 bits per heavy atom. The van der Waals surface area contributed by atoms with Gasteiger partial charge in [-0.25, -0.2) is 0 Å². The zero-order valence-electron chi connectivity index (χ0n) is 10.7. The van der Waals surface area contributed by atoms with E-state index in [0.29, 0.717) is 0 Å². The number of halogens is 1. The third kappa shape index (κ3) is 3.61. The molecule has 1 nitrogen and oxygen atoms in total. The quantitative estimate of drug-likeness (QED) is 0.571. The van der Waals surface area contributed by atoms with Crippen LogP contribution in [0.4, 0.5) is 0 Å². The van der Waals surface area contributed by atoms with Gasteiger partial charge in [-0.15, -0.1) is 0 Å². The molecule has 1 rings (SSSR count). The van der Waals surface area contributed by atoms with Crippen molar-refractivity contribution in [1.29, 1.82) is 0 Å². The Hall–Kier alpha value is -0.313. The Labute approximate surface area is 106 Å².